The second-order valence-electron chi connectivity index (χ2n) is 6.71. The fourth-order valence-corrected chi connectivity index (χ4v) is 3.78. The molecular weight excluding hydrogens is 435 g/mol. The standard InChI is InChI=1S/C20H17Cl3N4O2/c21-14-3-1-13(2-4-14)19-24-18(29-25-19)12-26-7-9-27(10-8-26)20(28)16-6-5-15(22)11-17(16)23/h1-6,11H,7-10,12H2. The molecule has 1 amide bonds. The highest BCUT2D eigenvalue weighted by atomic mass is 35.5. The van der Waals surface area contributed by atoms with Crippen LogP contribution in [0.5, 0.6) is 0 Å². The zero-order chi connectivity index (χ0) is 20.4. The Labute approximate surface area is 183 Å². The van der Waals surface area contributed by atoms with Gasteiger partial charge in [0.1, 0.15) is 0 Å². The predicted molar refractivity (Wildman–Crippen MR) is 112 cm³/mol. The van der Waals surface area contributed by atoms with Crippen LogP contribution in [0.15, 0.2) is 47.0 Å². The molecule has 29 heavy (non-hydrogen) atoms. The molecule has 1 fully saturated rings. The van der Waals surface area contributed by atoms with Gasteiger partial charge < -0.3 is 9.42 Å². The molecule has 0 aliphatic carbocycles. The largest absolute Gasteiger partial charge is 0.338 e. The number of benzene rings is 2. The summed E-state index contributed by atoms with van der Waals surface area (Å²) < 4.78 is 5.38. The molecule has 2 heterocycles. The molecule has 1 aliphatic rings. The number of hydrogen-bond donors (Lipinski definition) is 0. The molecule has 0 N–H and O–H groups in total. The second-order valence-corrected chi connectivity index (χ2v) is 7.99. The van der Waals surface area contributed by atoms with Crippen molar-refractivity contribution in [1.82, 2.24) is 19.9 Å². The summed E-state index contributed by atoms with van der Waals surface area (Å²) in [7, 11) is 0. The molecule has 0 spiro atoms. The van der Waals surface area contributed by atoms with E-state index >= 15 is 0 Å². The molecule has 0 atom stereocenters. The predicted octanol–water partition coefficient (Wildman–Crippen LogP) is 4.65. The van der Waals surface area contributed by atoms with E-state index in [2.05, 4.69) is 15.0 Å². The van der Waals surface area contributed by atoms with Crippen LogP contribution in [-0.4, -0.2) is 52.0 Å². The number of carbonyl (C=O) groups excluding carboxylic acids is 1. The minimum Gasteiger partial charge on any atom is -0.338 e. The number of halogens is 3. The Morgan fingerprint density at radius 3 is 2.34 bits per heavy atom. The van der Waals surface area contributed by atoms with Crippen molar-refractivity contribution in [3.05, 3.63) is 69.0 Å². The Bertz CT molecular complexity index is 1010. The van der Waals surface area contributed by atoms with Gasteiger partial charge in [-0.15, -0.1) is 0 Å². The molecule has 9 heteroatoms. The molecule has 6 nitrogen and oxygen atoms in total. The maximum Gasteiger partial charge on any atom is 0.255 e. The molecule has 1 saturated heterocycles. The Balaban J connectivity index is 1.34. The van der Waals surface area contributed by atoms with Gasteiger partial charge in [-0.1, -0.05) is 40.0 Å². The first-order valence-corrected chi connectivity index (χ1v) is 10.2. The van der Waals surface area contributed by atoms with Gasteiger partial charge in [-0.05, 0) is 42.5 Å². The van der Waals surface area contributed by atoms with Crippen LogP contribution in [0.25, 0.3) is 11.4 Å². The van der Waals surface area contributed by atoms with Gasteiger partial charge in [0.15, 0.2) is 0 Å². The summed E-state index contributed by atoms with van der Waals surface area (Å²) >= 11 is 18.0. The number of amides is 1. The third kappa shape index (κ3) is 4.73. The molecule has 1 aromatic heterocycles. The van der Waals surface area contributed by atoms with Crippen molar-refractivity contribution in [3.63, 3.8) is 0 Å². The number of hydrogen-bond acceptors (Lipinski definition) is 5. The molecule has 150 valence electrons. The normalized spacial score (nSPS) is 14.9. The first-order chi connectivity index (χ1) is 14.0. The van der Waals surface area contributed by atoms with Crippen LogP contribution in [0.4, 0.5) is 0 Å². The summed E-state index contributed by atoms with van der Waals surface area (Å²) in [4.78, 5) is 21.1. The van der Waals surface area contributed by atoms with Crippen LogP contribution in [0.2, 0.25) is 15.1 Å². The van der Waals surface area contributed by atoms with Crippen molar-refractivity contribution in [2.24, 2.45) is 0 Å². The van der Waals surface area contributed by atoms with Crippen LogP contribution >= 0.6 is 34.8 Å². The van der Waals surface area contributed by atoms with Crippen molar-refractivity contribution >= 4 is 40.7 Å². The highest BCUT2D eigenvalue weighted by molar-refractivity contribution is 6.36. The van der Waals surface area contributed by atoms with E-state index in [9.17, 15) is 4.79 Å². The molecule has 4 rings (SSSR count). The summed E-state index contributed by atoms with van der Waals surface area (Å²) in [5, 5.41) is 5.57. The van der Waals surface area contributed by atoms with Crippen LogP contribution in [0, 0.1) is 0 Å². The lowest BCUT2D eigenvalue weighted by atomic mass is 10.2. The minimum atomic E-state index is -0.0888. The van der Waals surface area contributed by atoms with E-state index in [1.807, 2.05) is 12.1 Å². The van der Waals surface area contributed by atoms with E-state index in [-0.39, 0.29) is 5.91 Å². The van der Waals surface area contributed by atoms with Crippen molar-refractivity contribution in [2.45, 2.75) is 6.54 Å². The van der Waals surface area contributed by atoms with Gasteiger partial charge in [0.2, 0.25) is 11.7 Å². The highest BCUT2D eigenvalue weighted by Gasteiger charge is 2.24. The quantitative estimate of drug-likeness (QED) is 0.577. The number of aromatic nitrogens is 2. The van der Waals surface area contributed by atoms with Gasteiger partial charge >= 0.3 is 0 Å². The Morgan fingerprint density at radius 1 is 0.966 bits per heavy atom. The van der Waals surface area contributed by atoms with Crippen LogP contribution in [-0.2, 0) is 6.54 Å². The van der Waals surface area contributed by atoms with Crippen LogP contribution in [0.1, 0.15) is 16.2 Å². The number of carbonyl (C=O) groups is 1. The van der Waals surface area contributed by atoms with E-state index in [1.165, 1.54) is 0 Å². The number of piperazine rings is 1. The van der Waals surface area contributed by atoms with Crippen molar-refractivity contribution < 1.29 is 9.32 Å². The summed E-state index contributed by atoms with van der Waals surface area (Å²) in [5.41, 5.74) is 1.31. The number of rotatable bonds is 4. The maximum absolute atomic E-state index is 12.7. The second kappa shape index (κ2) is 8.71. The van der Waals surface area contributed by atoms with Gasteiger partial charge in [-0.2, -0.15) is 4.98 Å². The van der Waals surface area contributed by atoms with E-state index in [0.717, 1.165) is 5.56 Å². The Morgan fingerprint density at radius 2 is 1.66 bits per heavy atom. The zero-order valence-electron chi connectivity index (χ0n) is 15.3. The molecular formula is C20H17Cl3N4O2. The Kier molecular flexibility index (Phi) is 6.06. The topological polar surface area (TPSA) is 62.5 Å². The van der Waals surface area contributed by atoms with Gasteiger partial charge in [-0.3, -0.25) is 9.69 Å². The van der Waals surface area contributed by atoms with E-state index in [0.29, 0.717) is 65.1 Å². The first kappa shape index (κ1) is 20.2. The summed E-state index contributed by atoms with van der Waals surface area (Å²) in [5.74, 6) is 0.979. The third-order valence-electron chi connectivity index (χ3n) is 4.75. The van der Waals surface area contributed by atoms with Gasteiger partial charge in [0.05, 0.1) is 17.1 Å². The lowest BCUT2D eigenvalue weighted by Gasteiger charge is -2.34. The molecule has 0 radical (unpaired) electrons. The van der Waals surface area contributed by atoms with Crippen LogP contribution in [0.3, 0.4) is 0 Å². The minimum absolute atomic E-state index is 0.0888. The zero-order valence-corrected chi connectivity index (χ0v) is 17.6. The molecule has 0 bridgehead atoms. The maximum atomic E-state index is 12.7. The smallest absolute Gasteiger partial charge is 0.255 e. The van der Waals surface area contributed by atoms with E-state index in [1.54, 1.807) is 35.2 Å². The third-order valence-corrected chi connectivity index (χ3v) is 5.55. The van der Waals surface area contributed by atoms with Crippen molar-refractivity contribution in [3.8, 4) is 11.4 Å². The lowest BCUT2D eigenvalue weighted by molar-refractivity contribution is 0.0615. The van der Waals surface area contributed by atoms with Crippen molar-refractivity contribution in [1.29, 1.82) is 0 Å². The SMILES string of the molecule is O=C(c1ccc(Cl)cc1Cl)N1CCN(Cc2nc(-c3ccc(Cl)cc3)no2)CC1. The summed E-state index contributed by atoms with van der Waals surface area (Å²) in [6, 6.07) is 12.2. The Hall–Kier alpha value is -2.12. The average molecular weight is 452 g/mol. The van der Waals surface area contributed by atoms with E-state index in [4.69, 9.17) is 39.3 Å². The lowest BCUT2D eigenvalue weighted by Crippen LogP contribution is -2.48. The monoisotopic (exact) mass is 450 g/mol. The fraction of sp³-hybridized carbons (Fsp3) is 0.250. The van der Waals surface area contributed by atoms with E-state index < -0.39 is 0 Å². The molecule has 0 saturated carbocycles. The molecule has 1 aliphatic heterocycles. The summed E-state index contributed by atoms with van der Waals surface area (Å²) in [6.45, 7) is 3.13. The van der Waals surface area contributed by atoms with Gasteiger partial charge in [0.25, 0.3) is 5.91 Å². The molecule has 0 unspecified atom stereocenters. The van der Waals surface area contributed by atoms with Gasteiger partial charge in [-0.25, -0.2) is 0 Å². The number of nitrogens with zero attached hydrogens (tertiary/aromatic N) is 4. The molecule has 3 aromatic rings. The van der Waals surface area contributed by atoms with Crippen LogP contribution < -0.4 is 0 Å². The van der Waals surface area contributed by atoms with Gasteiger partial charge in [0, 0.05) is 41.8 Å². The van der Waals surface area contributed by atoms with Crippen molar-refractivity contribution in [2.75, 3.05) is 26.2 Å². The highest BCUT2D eigenvalue weighted by Crippen LogP contribution is 2.23. The molecule has 2 aromatic carbocycles. The fourth-order valence-electron chi connectivity index (χ4n) is 3.17. The first-order valence-electron chi connectivity index (χ1n) is 9.05. The summed E-state index contributed by atoms with van der Waals surface area (Å²) in [6.07, 6.45) is 0. The average Bonchev–Trinajstić information content (AvgIpc) is 3.17.